The molecule has 0 aliphatic carbocycles. The predicted molar refractivity (Wildman–Crippen MR) is 58.7 cm³/mol. The van der Waals surface area contributed by atoms with Gasteiger partial charge in [0.1, 0.15) is 0 Å². The summed E-state index contributed by atoms with van der Waals surface area (Å²) in [7, 11) is 0. The van der Waals surface area contributed by atoms with E-state index in [1.165, 1.54) is 0 Å². The lowest BCUT2D eigenvalue weighted by Crippen LogP contribution is -2.01. The van der Waals surface area contributed by atoms with Crippen LogP contribution in [0.15, 0.2) is 47.5 Å². The zero-order valence-electron chi connectivity index (χ0n) is 8.14. The average molecular weight is 184 g/mol. The fraction of sp³-hybridized carbons (Fsp3) is 0.167. The summed E-state index contributed by atoms with van der Waals surface area (Å²) in [6.07, 6.45) is 8.02. The van der Waals surface area contributed by atoms with Crippen molar-refractivity contribution in [1.82, 2.24) is 4.98 Å². The van der Waals surface area contributed by atoms with E-state index in [9.17, 15) is 0 Å². The van der Waals surface area contributed by atoms with Crippen LogP contribution in [-0.4, -0.2) is 17.2 Å². The Kier molecular flexibility index (Phi) is 2.54. The molecule has 0 bridgehead atoms. The molecule has 1 aliphatic heterocycles. The molecule has 0 unspecified atom stereocenters. The van der Waals surface area contributed by atoms with E-state index in [4.69, 9.17) is 0 Å². The van der Waals surface area contributed by atoms with Crippen molar-refractivity contribution in [2.24, 2.45) is 4.99 Å². The van der Waals surface area contributed by atoms with Gasteiger partial charge in [-0.3, -0.25) is 9.98 Å². The Bertz CT molecular complexity index is 414. The van der Waals surface area contributed by atoms with Crippen LogP contribution < -0.4 is 0 Å². The fourth-order valence-corrected chi connectivity index (χ4v) is 1.34. The number of rotatable bonds is 1. The number of nitrogens with zero attached hydrogens (tertiary/aromatic N) is 2. The number of hydrogen-bond donors (Lipinski definition) is 0. The Balaban J connectivity index is 2.35. The normalized spacial score (nSPS) is 15.1. The van der Waals surface area contributed by atoms with Gasteiger partial charge in [-0.05, 0) is 25.1 Å². The number of allylic oxidation sites excluding steroid dienone is 3. The smallest absolute Gasteiger partial charge is 0.0884 e. The summed E-state index contributed by atoms with van der Waals surface area (Å²) in [5, 5.41) is 0. The van der Waals surface area contributed by atoms with Crippen molar-refractivity contribution < 1.29 is 0 Å². The molecule has 0 N–H and O–H groups in total. The Morgan fingerprint density at radius 2 is 2.14 bits per heavy atom. The molecular formula is C12H12N2. The highest BCUT2D eigenvalue weighted by Gasteiger charge is 2.01. The molecule has 0 aromatic carbocycles. The molecule has 0 saturated heterocycles. The summed E-state index contributed by atoms with van der Waals surface area (Å²) < 4.78 is 0. The van der Waals surface area contributed by atoms with E-state index < -0.39 is 0 Å². The summed E-state index contributed by atoms with van der Waals surface area (Å²) in [5.74, 6) is 0. The van der Waals surface area contributed by atoms with Gasteiger partial charge in [-0.1, -0.05) is 24.3 Å². The Hall–Kier alpha value is -1.70. The molecule has 0 atom stereocenters. The highest BCUT2D eigenvalue weighted by atomic mass is 14.8. The molecule has 1 aromatic rings. The van der Waals surface area contributed by atoms with Crippen LogP contribution in [0.3, 0.4) is 0 Å². The lowest BCUT2D eigenvalue weighted by atomic mass is 10.2. The number of aryl methyl sites for hydroxylation is 1. The fourth-order valence-electron chi connectivity index (χ4n) is 1.34. The van der Waals surface area contributed by atoms with Gasteiger partial charge in [-0.25, -0.2) is 0 Å². The van der Waals surface area contributed by atoms with Gasteiger partial charge in [-0.2, -0.15) is 0 Å². The lowest BCUT2D eigenvalue weighted by molar-refractivity contribution is 1.16. The first kappa shape index (κ1) is 8.88. The maximum Gasteiger partial charge on any atom is 0.0884 e. The molecule has 2 heterocycles. The minimum absolute atomic E-state index is 0.734. The molecule has 2 heteroatoms. The van der Waals surface area contributed by atoms with Crippen LogP contribution in [0.2, 0.25) is 0 Å². The summed E-state index contributed by atoms with van der Waals surface area (Å²) in [6.45, 7) is 2.72. The third-order valence-corrected chi connectivity index (χ3v) is 2.02. The van der Waals surface area contributed by atoms with Gasteiger partial charge in [-0.15, -0.1) is 0 Å². The highest BCUT2D eigenvalue weighted by Crippen LogP contribution is 2.03. The summed E-state index contributed by atoms with van der Waals surface area (Å²) in [5.41, 5.74) is 2.93. The van der Waals surface area contributed by atoms with Gasteiger partial charge in [0, 0.05) is 5.69 Å². The minimum Gasteiger partial charge on any atom is -0.279 e. The number of hydrogen-bond acceptors (Lipinski definition) is 2. The third kappa shape index (κ3) is 1.96. The average Bonchev–Trinajstić information content (AvgIpc) is 2.45. The van der Waals surface area contributed by atoms with Crippen LogP contribution in [-0.2, 0) is 0 Å². The van der Waals surface area contributed by atoms with Crippen LogP contribution >= 0.6 is 0 Å². The van der Waals surface area contributed by atoms with Crippen molar-refractivity contribution >= 4 is 5.71 Å². The number of pyridine rings is 1. The topological polar surface area (TPSA) is 25.2 Å². The molecule has 2 rings (SSSR count). The molecule has 0 saturated carbocycles. The Labute approximate surface area is 83.7 Å². The monoisotopic (exact) mass is 184 g/mol. The minimum atomic E-state index is 0.734. The summed E-state index contributed by atoms with van der Waals surface area (Å²) >= 11 is 0. The van der Waals surface area contributed by atoms with E-state index in [0.29, 0.717) is 0 Å². The first-order chi connectivity index (χ1) is 6.86. The van der Waals surface area contributed by atoms with Crippen molar-refractivity contribution in [3.8, 4) is 0 Å². The number of aliphatic imine (C=N–C) groups is 1. The first-order valence-corrected chi connectivity index (χ1v) is 4.68. The highest BCUT2D eigenvalue weighted by molar-refractivity contribution is 6.07. The van der Waals surface area contributed by atoms with Gasteiger partial charge < -0.3 is 0 Å². The molecule has 70 valence electrons. The molecule has 0 radical (unpaired) electrons. The largest absolute Gasteiger partial charge is 0.279 e. The van der Waals surface area contributed by atoms with Crippen molar-refractivity contribution in [3.05, 3.63) is 53.9 Å². The molecule has 1 aliphatic rings. The van der Waals surface area contributed by atoms with Crippen molar-refractivity contribution in [3.63, 3.8) is 0 Å². The van der Waals surface area contributed by atoms with Crippen LogP contribution in [0.1, 0.15) is 11.4 Å². The van der Waals surface area contributed by atoms with Crippen LogP contribution in [0, 0.1) is 6.92 Å². The second-order valence-corrected chi connectivity index (χ2v) is 3.18. The van der Waals surface area contributed by atoms with Gasteiger partial charge in [0.2, 0.25) is 0 Å². The first-order valence-electron chi connectivity index (χ1n) is 4.68. The SMILES string of the molecule is Cc1cccc(C2=NCC=CC=C2)n1. The summed E-state index contributed by atoms with van der Waals surface area (Å²) in [4.78, 5) is 8.84. The van der Waals surface area contributed by atoms with Gasteiger partial charge >= 0.3 is 0 Å². The van der Waals surface area contributed by atoms with Gasteiger partial charge in [0.05, 0.1) is 18.0 Å². The maximum atomic E-state index is 4.43. The zero-order valence-corrected chi connectivity index (χ0v) is 8.14. The second-order valence-electron chi connectivity index (χ2n) is 3.18. The van der Waals surface area contributed by atoms with E-state index in [-0.39, 0.29) is 0 Å². The quantitative estimate of drug-likeness (QED) is 0.657. The van der Waals surface area contributed by atoms with Gasteiger partial charge in [0.25, 0.3) is 0 Å². The van der Waals surface area contributed by atoms with Crippen LogP contribution in [0.4, 0.5) is 0 Å². The van der Waals surface area contributed by atoms with E-state index in [1.807, 2.05) is 49.4 Å². The Morgan fingerprint density at radius 1 is 1.21 bits per heavy atom. The van der Waals surface area contributed by atoms with E-state index in [2.05, 4.69) is 9.98 Å². The Morgan fingerprint density at radius 3 is 3.00 bits per heavy atom. The van der Waals surface area contributed by atoms with E-state index in [1.54, 1.807) is 0 Å². The van der Waals surface area contributed by atoms with Crippen LogP contribution in [0.25, 0.3) is 0 Å². The molecule has 0 amide bonds. The molecular weight excluding hydrogens is 172 g/mol. The maximum absolute atomic E-state index is 4.43. The van der Waals surface area contributed by atoms with Crippen molar-refractivity contribution in [2.45, 2.75) is 6.92 Å². The predicted octanol–water partition coefficient (Wildman–Crippen LogP) is 2.31. The third-order valence-electron chi connectivity index (χ3n) is 2.02. The standard InChI is InChI=1S/C12H12N2/c1-10-6-5-8-12(14-10)11-7-3-2-4-9-13-11/h2-8H,9H2,1H3. The lowest BCUT2D eigenvalue weighted by Gasteiger charge is -2.00. The molecule has 0 fully saturated rings. The second kappa shape index (κ2) is 4.01. The van der Waals surface area contributed by atoms with Crippen LogP contribution in [0.5, 0.6) is 0 Å². The number of aromatic nitrogens is 1. The van der Waals surface area contributed by atoms with E-state index >= 15 is 0 Å². The van der Waals surface area contributed by atoms with Gasteiger partial charge in [0.15, 0.2) is 0 Å². The van der Waals surface area contributed by atoms with E-state index in [0.717, 1.165) is 23.6 Å². The van der Waals surface area contributed by atoms with Crippen molar-refractivity contribution in [1.29, 1.82) is 0 Å². The molecule has 14 heavy (non-hydrogen) atoms. The zero-order chi connectivity index (χ0) is 9.80. The molecule has 1 aromatic heterocycles. The molecule has 0 spiro atoms. The van der Waals surface area contributed by atoms with Crippen molar-refractivity contribution in [2.75, 3.05) is 6.54 Å². The molecule has 2 nitrogen and oxygen atoms in total. The summed E-state index contributed by atoms with van der Waals surface area (Å²) in [6, 6.07) is 5.98.